The first-order chi connectivity index (χ1) is 26.9. The molecule has 0 bridgehead atoms. The van der Waals surface area contributed by atoms with E-state index in [1.807, 2.05) is 60.7 Å². The van der Waals surface area contributed by atoms with Gasteiger partial charge in [-0.2, -0.15) is 9.97 Å². The summed E-state index contributed by atoms with van der Waals surface area (Å²) in [6, 6.07) is 46.4. The van der Waals surface area contributed by atoms with Crippen molar-refractivity contribution in [2.75, 3.05) is 0 Å². The first-order valence-electron chi connectivity index (χ1n) is 18.9. The van der Waals surface area contributed by atoms with Crippen molar-refractivity contribution in [3.8, 4) is 45.5 Å². The number of para-hydroxylation sites is 3. The van der Waals surface area contributed by atoms with Gasteiger partial charge in [0.25, 0.3) is 0 Å². The molecule has 10 aromatic rings. The molecular weight excluding hydrogens is 611 g/mol. The summed E-state index contributed by atoms with van der Waals surface area (Å²) in [5, 5.41) is 4.36. The van der Waals surface area contributed by atoms with E-state index in [2.05, 4.69) is 81.9 Å². The van der Waals surface area contributed by atoms with Crippen LogP contribution in [0.25, 0.3) is 89.2 Å². The summed E-state index contributed by atoms with van der Waals surface area (Å²) in [5.41, 5.74) is 6.88. The molecule has 234 valence electrons. The number of hydrogen-bond donors (Lipinski definition) is 0. The Hall–Kier alpha value is -6.85. The lowest BCUT2D eigenvalue weighted by atomic mass is 9.99. The Morgan fingerprint density at radius 1 is 0.400 bits per heavy atom. The minimum Gasteiger partial charge on any atom is -0.309 e. The van der Waals surface area contributed by atoms with Crippen molar-refractivity contribution in [3.63, 3.8) is 0 Å². The minimum absolute atomic E-state index is 0.0823. The maximum Gasteiger partial charge on any atom is 0.238 e. The topological polar surface area (TPSA) is 48.5 Å². The van der Waals surface area contributed by atoms with Crippen molar-refractivity contribution in [2.45, 2.75) is 0 Å². The predicted molar refractivity (Wildman–Crippen MR) is 205 cm³/mol. The van der Waals surface area contributed by atoms with Crippen LogP contribution in [0.4, 0.5) is 0 Å². The smallest absolute Gasteiger partial charge is 0.238 e. The third-order valence-corrected chi connectivity index (χ3v) is 9.28. The van der Waals surface area contributed by atoms with Gasteiger partial charge < -0.3 is 4.57 Å². The quantitative estimate of drug-likeness (QED) is 0.187. The molecule has 0 aliphatic carbocycles. The van der Waals surface area contributed by atoms with Crippen molar-refractivity contribution in [1.82, 2.24) is 24.1 Å². The number of fused-ring (bicyclic) bond motifs is 7. The molecule has 0 unspecified atom stereocenters. The monoisotopic (exact) mass is 644 g/mol. The van der Waals surface area contributed by atoms with E-state index in [-0.39, 0.29) is 17.6 Å². The second-order valence-corrected chi connectivity index (χ2v) is 12.1. The molecule has 0 N–H and O–H groups in total. The molecule has 5 heteroatoms. The molecule has 0 amide bonds. The van der Waals surface area contributed by atoms with Crippen LogP contribution in [0.2, 0.25) is 0 Å². The van der Waals surface area contributed by atoms with Gasteiger partial charge in [0.15, 0.2) is 11.6 Å². The van der Waals surface area contributed by atoms with Gasteiger partial charge in [-0.1, -0.05) is 139 Å². The second-order valence-electron chi connectivity index (χ2n) is 12.1. The van der Waals surface area contributed by atoms with Crippen LogP contribution >= 0.6 is 0 Å². The number of benzene rings is 7. The summed E-state index contributed by atoms with van der Waals surface area (Å²) >= 11 is 0. The zero-order chi connectivity index (χ0) is 37.4. The van der Waals surface area contributed by atoms with Crippen LogP contribution < -0.4 is 0 Å². The Morgan fingerprint density at radius 3 is 1.64 bits per heavy atom. The van der Waals surface area contributed by atoms with Crippen molar-refractivity contribution < 1.29 is 6.85 Å². The molecule has 5 nitrogen and oxygen atoms in total. The molecule has 0 aliphatic heterocycles. The number of rotatable bonds is 5. The second kappa shape index (κ2) is 11.4. The van der Waals surface area contributed by atoms with E-state index in [4.69, 9.17) is 21.8 Å². The Morgan fingerprint density at radius 2 is 0.940 bits per heavy atom. The van der Waals surface area contributed by atoms with Gasteiger partial charge in [-0.15, -0.1) is 0 Å². The largest absolute Gasteiger partial charge is 0.309 e. The van der Waals surface area contributed by atoms with Gasteiger partial charge in [0.2, 0.25) is 5.95 Å². The van der Waals surface area contributed by atoms with Crippen molar-refractivity contribution >= 4 is 43.6 Å². The first-order valence-corrected chi connectivity index (χ1v) is 16.4. The van der Waals surface area contributed by atoms with E-state index in [1.54, 1.807) is 12.1 Å². The number of nitrogens with zero attached hydrogens (tertiary/aromatic N) is 5. The minimum atomic E-state index is -0.447. The van der Waals surface area contributed by atoms with Crippen LogP contribution in [0, 0.1) is 0 Å². The van der Waals surface area contributed by atoms with Gasteiger partial charge in [-0.25, -0.2) is 4.98 Å². The Balaban J connectivity index is 1.30. The van der Waals surface area contributed by atoms with Crippen LogP contribution in [-0.4, -0.2) is 24.1 Å². The van der Waals surface area contributed by atoms with Gasteiger partial charge in [0, 0.05) is 38.4 Å². The van der Waals surface area contributed by atoms with Crippen molar-refractivity contribution in [3.05, 3.63) is 176 Å². The van der Waals surface area contributed by atoms with Gasteiger partial charge in [0.05, 0.1) is 28.9 Å². The summed E-state index contributed by atoms with van der Waals surface area (Å²) in [6.07, 6.45) is 0. The highest BCUT2D eigenvalue weighted by molar-refractivity contribution is 6.28. The summed E-state index contributed by atoms with van der Waals surface area (Å²) in [7, 11) is 0. The van der Waals surface area contributed by atoms with Gasteiger partial charge >= 0.3 is 0 Å². The molecule has 3 heterocycles. The summed E-state index contributed by atoms with van der Waals surface area (Å²) < 4.78 is 46.9. The van der Waals surface area contributed by atoms with E-state index in [0.717, 1.165) is 54.9 Å². The number of hydrogen-bond acceptors (Lipinski definition) is 3. The van der Waals surface area contributed by atoms with Crippen molar-refractivity contribution in [2.24, 2.45) is 0 Å². The molecular formula is C45H29N5. The highest BCUT2D eigenvalue weighted by Gasteiger charge is 2.23. The summed E-state index contributed by atoms with van der Waals surface area (Å²) in [4.78, 5) is 15.3. The van der Waals surface area contributed by atoms with Gasteiger partial charge in [-0.05, 0) is 47.5 Å². The van der Waals surface area contributed by atoms with E-state index < -0.39 is 18.1 Å². The van der Waals surface area contributed by atoms with E-state index in [0.29, 0.717) is 28.7 Å². The third kappa shape index (κ3) is 4.37. The highest BCUT2D eigenvalue weighted by Crippen LogP contribution is 2.42. The van der Waals surface area contributed by atoms with E-state index >= 15 is 0 Å². The van der Waals surface area contributed by atoms with Crippen LogP contribution in [0.3, 0.4) is 0 Å². The molecule has 0 saturated carbocycles. The predicted octanol–water partition coefficient (Wildman–Crippen LogP) is 11.1. The lowest BCUT2D eigenvalue weighted by Crippen LogP contribution is -2.06. The van der Waals surface area contributed by atoms with Crippen LogP contribution in [-0.2, 0) is 0 Å². The SMILES string of the molecule is [2H]c1c([2H])c([2H])c(-c2ccccc2-c2nc(-c3ccccc3)nc(-n3c4ccccc4c4c5c6ccccc6n(-c6ccccc6)c5ccc43)n2)c([2H])c1[2H]. The van der Waals surface area contributed by atoms with Crippen LogP contribution in [0.15, 0.2) is 176 Å². The Bertz CT molecular complexity index is 3130. The average Bonchev–Trinajstić information content (AvgIpc) is 3.76. The molecule has 10 rings (SSSR count). The average molecular weight is 645 g/mol. The summed E-state index contributed by atoms with van der Waals surface area (Å²) in [6.45, 7) is 0. The van der Waals surface area contributed by atoms with Crippen LogP contribution in [0.1, 0.15) is 6.85 Å². The maximum atomic E-state index is 8.79. The fourth-order valence-electron chi connectivity index (χ4n) is 7.17. The molecule has 50 heavy (non-hydrogen) atoms. The lowest BCUT2D eigenvalue weighted by molar-refractivity contribution is 0.954. The van der Waals surface area contributed by atoms with Crippen molar-refractivity contribution in [1.29, 1.82) is 0 Å². The Kier molecular flexibility index (Phi) is 5.35. The maximum absolute atomic E-state index is 8.79. The van der Waals surface area contributed by atoms with Crippen LogP contribution in [0.5, 0.6) is 0 Å². The Labute approximate surface area is 295 Å². The number of aromatic nitrogens is 5. The molecule has 0 saturated heterocycles. The molecule has 3 aromatic heterocycles. The first kappa shape index (κ1) is 23.5. The summed E-state index contributed by atoms with van der Waals surface area (Å²) in [5.74, 6) is 1.13. The molecule has 0 atom stereocenters. The van der Waals surface area contributed by atoms with E-state index in [9.17, 15) is 0 Å². The molecule has 0 spiro atoms. The fraction of sp³-hybridized carbons (Fsp3) is 0. The third-order valence-electron chi connectivity index (χ3n) is 9.28. The normalized spacial score (nSPS) is 13.0. The van der Waals surface area contributed by atoms with Gasteiger partial charge in [0.1, 0.15) is 0 Å². The lowest BCUT2D eigenvalue weighted by Gasteiger charge is -2.13. The molecule has 0 aliphatic rings. The highest BCUT2D eigenvalue weighted by atomic mass is 15.2. The fourth-order valence-corrected chi connectivity index (χ4v) is 7.17. The zero-order valence-electron chi connectivity index (χ0n) is 31.6. The molecule has 7 aromatic carbocycles. The van der Waals surface area contributed by atoms with E-state index in [1.165, 1.54) is 0 Å². The molecule has 0 radical (unpaired) electrons. The molecule has 0 fully saturated rings. The van der Waals surface area contributed by atoms with Gasteiger partial charge in [-0.3, -0.25) is 4.57 Å². The standard InChI is InChI=1S/C45H29N5/c1-4-16-30(17-5-1)33-22-10-11-23-34(33)44-46-43(31-18-6-2-7-19-31)47-45(48-44)50-38-27-15-13-25-36(38)42-40(50)29-28-39-41(42)35-24-12-14-26-37(35)49(39)32-20-8-3-9-21-32/h1-29H/i1D,4D,5D,16D,17D. The zero-order valence-corrected chi connectivity index (χ0v) is 26.6.